The van der Waals surface area contributed by atoms with Crippen LogP contribution in [0.25, 0.3) is 0 Å². The van der Waals surface area contributed by atoms with Crippen molar-refractivity contribution >= 4 is 5.97 Å². The number of carbonyl (C=O) groups is 1. The van der Waals surface area contributed by atoms with Gasteiger partial charge in [-0.05, 0) is 25.0 Å². The summed E-state index contributed by atoms with van der Waals surface area (Å²) in [6, 6.07) is 1.98. The average molecular weight is 190 g/mol. The van der Waals surface area contributed by atoms with E-state index in [-0.39, 0.29) is 6.42 Å². The Morgan fingerprint density at radius 2 is 2.29 bits per heavy atom. The zero-order valence-corrected chi connectivity index (χ0v) is 8.03. The lowest BCUT2D eigenvalue weighted by atomic mass is 10.0. The second-order valence-corrected chi connectivity index (χ2v) is 3.04. The molecule has 0 aliphatic rings. The van der Waals surface area contributed by atoms with Gasteiger partial charge in [0, 0.05) is 11.9 Å². The molecule has 1 aromatic rings. The van der Waals surface area contributed by atoms with Crippen LogP contribution in [0, 0.1) is 25.2 Å². The first-order valence-corrected chi connectivity index (χ1v) is 4.13. The van der Waals surface area contributed by atoms with Crippen molar-refractivity contribution in [1.29, 1.82) is 5.26 Å². The summed E-state index contributed by atoms with van der Waals surface area (Å²) in [7, 11) is 0. The standard InChI is InChI=1S/C10H10N2O2/c1-6-8(4-11)5-12-7(2)9(6)3-10(13)14/h5H,3H2,1-2H3,(H,13,14). The van der Waals surface area contributed by atoms with Gasteiger partial charge in [0.1, 0.15) is 6.07 Å². The first-order valence-electron chi connectivity index (χ1n) is 4.13. The van der Waals surface area contributed by atoms with Gasteiger partial charge in [-0.25, -0.2) is 0 Å². The zero-order valence-electron chi connectivity index (χ0n) is 8.03. The van der Waals surface area contributed by atoms with Crippen LogP contribution in [-0.2, 0) is 11.2 Å². The molecule has 14 heavy (non-hydrogen) atoms. The molecular formula is C10H10N2O2. The summed E-state index contributed by atoms with van der Waals surface area (Å²) in [5.41, 5.74) is 2.45. The molecule has 0 saturated carbocycles. The SMILES string of the molecule is Cc1ncc(C#N)c(C)c1CC(=O)O. The summed E-state index contributed by atoms with van der Waals surface area (Å²) in [4.78, 5) is 14.5. The van der Waals surface area contributed by atoms with Gasteiger partial charge in [-0.3, -0.25) is 9.78 Å². The van der Waals surface area contributed by atoms with Crippen LogP contribution >= 0.6 is 0 Å². The normalized spacial score (nSPS) is 9.50. The van der Waals surface area contributed by atoms with E-state index in [1.807, 2.05) is 6.07 Å². The van der Waals surface area contributed by atoms with Crippen molar-refractivity contribution in [3.8, 4) is 6.07 Å². The predicted molar refractivity (Wildman–Crippen MR) is 49.8 cm³/mol. The highest BCUT2D eigenvalue weighted by Gasteiger charge is 2.11. The van der Waals surface area contributed by atoms with E-state index in [4.69, 9.17) is 10.4 Å². The molecule has 0 amide bonds. The van der Waals surface area contributed by atoms with Crippen LogP contribution in [0.4, 0.5) is 0 Å². The first-order chi connectivity index (χ1) is 6.56. The number of aromatic nitrogens is 1. The van der Waals surface area contributed by atoms with E-state index in [0.29, 0.717) is 22.4 Å². The minimum absolute atomic E-state index is 0.0831. The van der Waals surface area contributed by atoms with Crippen LogP contribution in [0.5, 0.6) is 0 Å². The number of pyridine rings is 1. The highest BCUT2D eigenvalue weighted by molar-refractivity contribution is 5.71. The molecule has 1 rings (SSSR count). The Morgan fingerprint density at radius 1 is 1.64 bits per heavy atom. The Hall–Kier alpha value is -1.89. The van der Waals surface area contributed by atoms with E-state index >= 15 is 0 Å². The van der Waals surface area contributed by atoms with Gasteiger partial charge in [0.05, 0.1) is 12.0 Å². The molecule has 72 valence electrons. The maximum absolute atomic E-state index is 10.6. The molecule has 4 heteroatoms. The Kier molecular flexibility index (Phi) is 2.82. The van der Waals surface area contributed by atoms with Crippen LogP contribution in [0.1, 0.15) is 22.4 Å². The number of carboxylic acid groups (broad SMARTS) is 1. The largest absolute Gasteiger partial charge is 0.481 e. The average Bonchev–Trinajstić information content (AvgIpc) is 2.12. The quantitative estimate of drug-likeness (QED) is 0.760. The predicted octanol–water partition coefficient (Wildman–Crippen LogP) is 1.20. The van der Waals surface area contributed by atoms with Crippen molar-refractivity contribution in [3.05, 3.63) is 28.6 Å². The first kappa shape index (κ1) is 10.2. The van der Waals surface area contributed by atoms with Gasteiger partial charge in [0.25, 0.3) is 0 Å². The molecule has 1 heterocycles. The molecule has 0 fully saturated rings. The van der Waals surface area contributed by atoms with Gasteiger partial charge in [-0.15, -0.1) is 0 Å². The van der Waals surface area contributed by atoms with Crippen LogP contribution in [0.3, 0.4) is 0 Å². The van der Waals surface area contributed by atoms with E-state index in [9.17, 15) is 4.79 Å². The second-order valence-electron chi connectivity index (χ2n) is 3.04. The summed E-state index contributed by atoms with van der Waals surface area (Å²) in [6.07, 6.45) is 1.39. The van der Waals surface area contributed by atoms with Crippen molar-refractivity contribution in [2.75, 3.05) is 0 Å². The van der Waals surface area contributed by atoms with Gasteiger partial charge in [0.15, 0.2) is 0 Å². The summed E-state index contributed by atoms with van der Waals surface area (Å²) >= 11 is 0. The molecule has 0 aliphatic carbocycles. The molecular weight excluding hydrogens is 180 g/mol. The summed E-state index contributed by atoms with van der Waals surface area (Å²) in [5, 5.41) is 17.4. The Morgan fingerprint density at radius 3 is 2.79 bits per heavy atom. The molecule has 0 saturated heterocycles. The molecule has 0 unspecified atom stereocenters. The van der Waals surface area contributed by atoms with Crippen molar-refractivity contribution in [1.82, 2.24) is 4.98 Å². The second kappa shape index (κ2) is 3.88. The lowest BCUT2D eigenvalue weighted by molar-refractivity contribution is -0.136. The van der Waals surface area contributed by atoms with Gasteiger partial charge in [-0.2, -0.15) is 5.26 Å². The molecule has 0 aromatic carbocycles. The summed E-state index contributed by atoms with van der Waals surface area (Å²) < 4.78 is 0. The Bertz CT molecular complexity index is 419. The van der Waals surface area contributed by atoms with Crippen molar-refractivity contribution < 1.29 is 9.90 Å². The molecule has 0 spiro atoms. The topological polar surface area (TPSA) is 74.0 Å². The summed E-state index contributed by atoms with van der Waals surface area (Å²) in [5.74, 6) is -0.909. The zero-order chi connectivity index (χ0) is 10.7. The molecule has 1 N–H and O–H groups in total. The van der Waals surface area contributed by atoms with Crippen LogP contribution in [0.15, 0.2) is 6.20 Å². The van der Waals surface area contributed by atoms with E-state index in [2.05, 4.69) is 4.98 Å². The minimum atomic E-state index is -0.909. The van der Waals surface area contributed by atoms with Gasteiger partial charge >= 0.3 is 5.97 Å². The van der Waals surface area contributed by atoms with E-state index < -0.39 is 5.97 Å². The van der Waals surface area contributed by atoms with Crippen LogP contribution in [0.2, 0.25) is 0 Å². The lowest BCUT2D eigenvalue weighted by Gasteiger charge is -2.07. The molecule has 0 radical (unpaired) electrons. The third kappa shape index (κ3) is 1.88. The molecule has 0 atom stereocenters. The number of aliphatic carboxylic acids is 1. The summed E-state index contributed by atoms with van der Waals surface area (Å²) in [6.45, 7) is 3.48. The van der Waals surface area contributed by atoms with Gasteiger partial charge < -0.3 is 5.11 Å². The number of nitriles is 1. The number of aryl methyl sites for hydroxylation is 1. The minimum Gasteiger partial charge on any atom is -0.481 e. The van der Waals surface area contributed by atoms with Crippen molar-refractivity contribution in [2.45, 2.75) is 20.3 Å². The number of nitrogens with zero attached hydrogens (tertiary/aromatic N) is 2. The molecule has 4 nitrogen and oxygen atoms in total. The fraction of sp³-hybridized carbons (Fsp3) is 0.300. The Labute approximate surface area is 81.8 Å². The molecule has 1 aromatic heterocycles. The number of rotatable bonds is 2. The maximum atomic E-state index is 10.6. The lowest BCUT2D eigenvalue weighted by Crippen LogP contribution is -2.06. The van der Waals surface area contributed by atoms with E-state index in [1.54, 1.807) is 13.8 Å². The third-order valence-corrected chi connectivity index (χ3v) is 2.13. The maximum Gasteiger partial charge on any atom is 0.307 e. The van der Waals surface area contributed by atoms with Gasteiger partial charge in [0.2, 0.25) is 0 Å². The monoisotopic (exact) mass is 190 g/mol. The number of hydrogen-bond donors (Lipinski definition) is 1. The molecule has 0 aliphatic heterocycles. The third-order valence-electron chi connectivity index (χ3n) is 2.13. The number of carboxylic acids is 1. The number of hydrogen-bond acceptors (Lipinski definition) is 3. The van der Waals surface area contributed by atoms with Crippen molar-refractivity contribution in [2.24, 2.45) is 0 Å². The van der Waals surface area contributed by atoms with Crippen molar-refractivity contribution in [3.63, 3.8) is 0 Å². The molecule has 0 bridgehead atoms. The fourth-order valence-electron chi connectivity index (χ4n) is 1.29. The fourth-order valence-corrected chi connectivity index (χ4v) is 1.29. The van der Waals surface area contributed by atoms with E-state index in [0.717, 1.165) is 0 Å². The Balaban J connectivity index is 3.27. The highest BCUT2D eigenvalue weighted by atomic mass is 16.4. The highest BCUT2D eigenvalue weighted by Crippen LogP contribution is 2.15. The van der Waals surface area contributed by atoms with Crippen LogP contribution < -0.4 is 0 Å². The van der Waals surface area contributed by atoms with Crippen LogP contribution in [-0.4, -0.2) is 16.1 Å². The smallest absolute Gasteiger partial charge is 0.307 e. The van der Waals surface area contributed by atoms with E-state index in [1.165, 1.54) is 6.20 Å². The van der Waals surface area contributed by atoms with Gasteiger partial charge in [-0.1, -0.05) is 0 Å².